The molecular weight excluding hydrogens is 328 g/mol. The first-order chi connectivity index (χ1) is 12.3. The summed E-state index contributed by atoms with van der Waals surface area (Å²) < 4.78 is 0. The van der Waals surface area contributed by atoms with E-state index in [-0.39, 0.29) is 35.4 Å². The monoisotopic (exact) mass is 360 g/mol. The van der Waals surface area contributed by atoms with Gasteiger partial charge in [-0.2, -0.15) is 0 Å². The lowest BCUT2D eigenvalue weighted by Crippen LogP contribution is -2.57. The van der Waals surface area contributed by atoms with Crippen molar-refractivity contribution in [2.45, 2.75) is 64.9 Å². The van der Waals surface area contributed by atoms with Crippen LogP contribution in [-0.4, -0.2) is 39.6 Å². The van der Waals surface area contributed by atoms with Gasteiger partial charge in [0, 0.05) is 11.6 Å². The molecule has 3 saturated carbocycles. The lowest BCUT2D eigenvalue weighted by atomic mass is 9.46. The summed E-state index contributed by atoms with van der Waals surface area (Å²) in [5, 5.41) is 41.7. The summed E-state index contributed by atoms with van der Waals surface area (Å²) in [5.74, 6) is 1.30. The minimum atomic E-state index is -0.374. The van der Waals surface area contributed by atoms with Crippen molar-refractivity contribution < 1.29 is 15.4 Å². The number of nitrogens with zero attached hydrogens (tertiary/aromatic N) is 1. The SMILES string of the molecule is CC12CC(O)[C@H]3C(CCC4=CC(=N)CCC43C)C1CCC2/C(CO)=N/O. The van der Waals surface area contributed by atoms with Gasteiger partial charge in [-0.25, -0.2) is 0 Å². The molecule has 6 unspecified atom stereocenters. The van der Waals surface area contributed by atoms with Gasteiger partial charge in [-0.15, -0.1) is 0 Å². The zero-order chi connectivity index (χ0) is 18.7. The van der Waals surface area contributed by atoms with Crippen molar-refractivity contribution in [3.63, 3.8) is 0 Å². The highest BCUT2D eigenvalue weighted by Crippen LogP contribution is 2.66. The first kappa shape index (κ1) is 18.2. The zero-order valence-electron chi connectivity index (χ0n) is 15.9. The molecule has 0 radical (unpaired) electrons. The van der Waals surface area contributed by atoms with Crippen LogP contribution in [0, 0.1) is 39.9 Å². The van der Waals surface area contributed by atoms with E-state index in [0.29, 0.717) is 24.0 Å². The van der Waals surface area contributed by atoms with Gasteiger partial charge in [0.05, 0.1) is 18.4 Å². The minimum Gasteiger partial charge on any atom is -0.411 e. The molecule has 0 amide bonds. The first-order valence-electron chi connectivity index (χ1n) is 10.1. The Morgan fingerprint density at radius 3 is 2.73 bits per heavy atom. The average molecular weight is 360 g/mol. The molecule has 5 heteroatoms. The Kier molecular flexibility index (Phi) is 4.31. The smallest absolute Gasteiger partial charge is 0.0860 e. The van der Waals surface area contributed by atoms with Crippen LogP contribution >= 0.6 is 0 Å². The Balaban J connectivity index is 1.70. The molecule has 0 spiro atoms. The summed E-state index contributed by atoms with van der Waals surface area (Å²) in [6.07, 6.45) is 8.33. The number of nitrogens with one attached hydrogen (secondary N) is 1. The fourth-order valence-corrected chi connectivity index (χ4v) is 7.47. The summed E-state index contributed by atoms with van der Waals surface area (Å²) in [4.78, 5) is 0. The van der Waals surface area contributed by atoms with E-state index in [9.17, 15) is 15.4 Å². The molecule has 0 bridgehead atoms. The lowest BCUT2D eigenvalue weighted by Gasteiger charge is -2.60. The highest BCUT2D eigenvalue weighted by molar-refractivity contribution is 5.94. The van der Waals surface area contributed by atoms with Crippen molar-refractivity contribution in [1.29, 1.82) is 5.41 Å². The Morgan fingerprint density at radius 1 is 1.27 bits per heavy atom. The van der Waals surface area contributed by atoms with Gasteiger partial charge in [-0.3, -0.25) is 0 Å². The summed E-state index contributed by atoms with van der Waals surface area (Å²) in [5.41, 5.74) is 2.49. The Morgan fingerprint density at radius 2 is 2.04 bits per heavy atom. The van der Waals surface area contributed by atoms with Crippen LogP contribution in [0.1, 0.15) is 58.8 Å². The minimum absolute atomic E-state index is 0.0111. The van der Waals surface area contributed by atoms with Crippen LogP contribution in [-0.2, 0) is 0 Å². The molecule has 0 aliphatic heterocycles. The van der Waals surface area contributed by atoms with Crippen LogP contribution in [0.4, 0.5) is 0 Å². The predicted molar refractivity (Wildman–Crippen MR) is 101 cm³/mol. The second kappa shape index (κ2) is 6.16. The summed E-state index contributed by atoms with van der Waals surface area (Å²) in [6.45, 7) is 4.34. The first-order valence-corrected chi connectivity index (χ1v) is 10.1. The van der Waals surface area contributed by atoms with Gasteiger partial charge in [-0.1, -0.05) is 24.6 Å². The third-order valence-electron chi connectivity index (χ3n) is 8.62. The van der Waals surface area contributed by atoms with Gasteiger partial charge in [0.2, 0.25) is 0 Å². The average Bonchev–Trinajstić information content (AvgIpc) is 2.93. The van der Waals surface area contributed by atoms with E-state index in [1.54, 1.807) is 0 Å². The van der Waals surface area contributed by atoms with Crippen LogP contribution in [0.3, 0.4) is 0 Å². The van der Waals surface area contributed by atoms with Crippen LogP contribution in [0.2, 0.25) is 0 Å². The van der Waals surface area contributed by atoms with Gasteiger partial charge in [0.15, 0.2) is 0 Å². The van der Waals surface area contributed by atoms with E-state index in [1.807, 2.05) is 0 Å². The third-order valence-corrected chi connectivity index (χ3v) is 8.62. The molecule has 7 atom stereocenters. The fraction of sp³-hybridized carbons (Fsp3) is 0.810. The molecule has 0 aromatic heterocycles. The lowest BCUT2D eigenvalue weighted by molar-refractivity contribution is -0.121. The van der Waals surface area contributed by atoms with Gasteiger partial charge in [0.25, 0.3) is 0 Å². The molecule has 0 saturated heterocycles. The van der Waals surface area contributed by atoms with Gasteiger partial charge >= 0.3 is 0 Å². The number of allylic oxidation sites excluding steroid dienone is 2. The number of oxime groups is 1. The molecule has 0 aromatic carbocycles. The molecule has 4 aliphatic rings. The Labute approximate surface area is 155 Å². The molecule has 4 N–H and O–H groups in total. The van der Waals surface area contributed by atoms with Gasteiger partial charge in [0.1, 0.15) is 0 Å². The Hall–Kier alpha value is -1.20. The molecule has 26 heavy (non-hydrogen) atoms. The maximum Gasteiger partial charge on any atom is 0.0860 e. The van der Waals surface area contributed by atoms with Crippen molar-refractivity contribution in [2.75, 3.05) is 6.61 Å². The van der Waals surface area contributed by atoms with Crippen LogP contribution in [0.15, 0.2) is 16.8 Å². The third kappa shape index (κ3) is 2.36. The van der Waals surface area contributed by atoms with Crippen LogP contribution < -0.4 is 0 Å². The molecular formula is C21H32N2O3. The molecule has 144 valence electrons. The molecule has 5 nitrogen and oxygen atoms in total. The summed E-state index contributed by atoms with van der Waals surface area (Å²) in [7, 11) is 0. The molecule has 3 fully saturated rings. The van der Waals surface area contributed by atoms with E-state index in [0.717, 1.165) is 44.2 Å². The highest BCUT2D eigenvalue weighted by Gasteiger charge is 2.62. The van der Waals surface area contributed by atoms with Crippen LogP contribution in [0.25, 0.3) is 0 Å². The maximum atomic E-state index is 11.3. The summed E-state index contributed by atoms with van der Waals surface area (Å²) >= 11 is 0. The van der Waals surface area contributed by atoms with Crippen molar-refractivity contribution in [3.8, 4) is 0 Å². The standard InChI is InChI=1S/C21H32N2O3/c1-20-8-7-13(22)9-12(20)3-4-14-15-5-6-16(17(11-24)23-26)21(15,2)10-18(25)19(14)20/h9,14-16,18-19,22,24-26H,3-8,10-11H2,1-2H3/b22-13?,23-17+/t14?,15?,16?,18?,19-,20?,21?/m1/s1. The fourth-order valence-electron chi connectivity index (χ4n) is 7.47. The molecule has 0 heterocycles. The van der Waals surface area contributed by atoms with E-state index in [4.69, 9.17) is 5.41 Å². The molecule has 4 aliphatic carbocycles. The molecule has 4 rings (SSSR count). The van der Waals surface area contributed by atoms with Crippen molar-refractivity contribution in [3.05, 3.63) is 11.6 Å². The van der Waals surface area contributed by atoms with Gasteiger partial charge in [-0.05, 0) is 79.6 Å². The second-order valence-corrected chi connectivity index (χ2v) is 9.60. The Bertz CT molecular complexity index is 672. The van der Waals surface area contributed by atoms with Gasteiger partial charge < -0.3 is 20.8 Å². The van der Waals surface area contributed by atoms with Crippen LogP contribution in [0.5, 0.6) is 0 Å². The largest absolute Gasteiger partial charge is 0.411 e. The molecule has 0 aromatic rings. The summed E-state index contributed by atoms with van der Waals surface area (Å²) in [6, 6.07) is 0. The van der Waals surface area contributed by atoms with Crippen molar-refractivity contribution in [1.82, 2.24) is 0 Å². The number of hydrogen-bond acceptors (Lipinski definition) is 5. The predicted octanol–water partition coefficient (Wildman–Crippen LogP) is 3.38. The maximum absolute atomic E-state index is 11.3. The number of fused-ring (bicyclic) bond motifs is 5. The quantitative estimate of drug-likeness (QED) is 0.345. The van der Waals surface area contributed by atoms with E-state index in [2.05, 4.69) is 25.1 Å². The van der Waals surface area contributed by atoms with E-state index < -0.39 is 0 Å². The second-order valence-electron chi connectivity index (χ2n) is 9.60. The topological polar surface area (TPSA) is 96.9 Å². The number of aliphatic hydroxyl groups is 2. The van der Waals surface area contributed by atoms with Crippen molar-refractivity contribution >= 4 is 11.4 Å². The zero-order valence-corrected chi connectivity index (χ0v) is 15.9. The van der Waals surface area contributed by atoms with E-state index in [1.165, 1.54) is 5.57 Å². The van der Waals surface area contributed by atoms with Crippen molar-refractivity contribution in [2.24, 2.45) is 39.7 Å². The van der Waals surface area contributed by atoms with E-state index >= 15 is 0 Å². The number of aliphatic hydroxyl groups excluding tert-OH is 2. The number of hydrogen-bond donors (Lipinski definition) is 4. The number of rotatable bonds is 2. The highest BCUT2D eigenvalue weighted by atomic mass is 16.4. The normalized spacial score (nSPS) is 48.5.